The zero-order valence-corrected chi connectivity index (χ0v) is 11.9. The summed E-state index contributed by atoms with van der Waals surface area (Å²) in [6.07, 6.45) is 0.881. The molecule has 0 aromatic heterocycles. The highest BCUT2D eigenvalue weighted by Gasteiger charge is 2.03. The van der Waals surface area contributed by atoms with Crippen molar-refractivity contribution in [3.05, 3.63) is 65.5 Å². The van der Waals surface area contributed by atoms with Gasteiger partial charge >= 0.3 is 0 Å². The van der Waals surface area contributed by atoms with Crippen LogP contribution >= 0.6 is 0 Å². The summed E-state index contributed by atoms with van der Waals surface area (Å²) in [6, 6.07) is 13.9. The van der Waals surface area contributed by atoms with Crippen LogP contribution in [-0.4, -0.2) is 13.0 Å². The van der Waals surface area contributed by atoms with E-state index in [4.69, 9.17) is 4.74 Å². The molecule has 0 heterocycles. The molecule has 0 radical (unpaired) electrons. The average molecular weight is 287 g/mol. The molecule has 0 saturated heterocycles. The van der Waals surface area contributed by atoms with Gasteiger partial charge in [0.25, 0.3) is 0 Å². The van der Waals surface area contributed by atoms with Crippen LogP contribution in [0.1, 0.15) is 17.5 Å². The Balaban J connectivity index is 1.76. The molecule has 1 N–H and O–H groups in total. The summed E-state index contributed by atoms with van der Waals surface area (Å²) in [5, 5.41) is 2.85. The Kier molecular flexibility index (Phi) is 5.32. The first-order chi connectivity index (χ1) is 10.2. The molecule has 2 rings (SSSR count). The van der Waals surface area contributed by atoms with Crippen molar-refractivity contribution < 1.29 is 13.9 Å². The highest BCUT2D eigenvalue weighted by Crippen LogP contribution is 2.11. The van der Waals surface area contributed by atoms with Crippen molar-refractivity contribution >= 4 is 5.91 Å². The van der Waals surface area contributed by atoms with E-state index in [9.17, 15) is 9.18 Å². The normalized spacial score (nSPS) is 10.2. The van der Waals surface area contributed by atoms with Gasteiger partial charge in [0.2, 0.25) is 5.91 Å². The number of amides is 1. The number of methoxy groups -OCH3 is 1. The second kappa shape index (κ2) is 7.43. The van der Waals surface area contributed by atoms with Crippen LogP contribution in [0.15, 0.2) is 48.5 Å². The van der Waals surface area contributed by atoms with E-state index in [1.165, 1.54) is 12.1 Å². The summed E-state index contributed by atoms with van der Waals surface area (Å²) in [6.45, 7) is 0.478. The van der Waals surface area contributed by atoms with Crippen LogP contribution < -0.4 is 10.1 Å². The Morgan fingerprint density at radius 1 is 1.14 bits per heavy atom. The maximum Gasteiger partial charge on any atom is 0.220 e. The third kappa shape index (κ3) is 4.91. The van der Waals surface area contributed by atoms with Gasteiger partial charge in [-0.1, -0.05) is 24.3 Å². The first kappa shape index (κ1) is 15.0. The van der Waals surface area contributed by atoms with E-state index in [2.05, 4.69) is 5.32 Å². The fourth-order valence-electron chi connectivity index (χ4n) is 1.98. The largest absolute Gasteiger partial charge is 0.497 e. The van der Waals surface area contributed by atoms with Crippen molar-refractivity contribution in [2.24, 2.45) is 0 Å². The number of hydrogen-bond donors (Lipinski definition) is 1. The van der Waals surface area contributed by atoms with E-state index in [-0.39, 0.29) is 11.7 Å². The fourth-order valence-corrected chi connectivity index (χ4v) is 1.98. The molecule has 0 spiro atoms. The van der Waals surface area contributed by atoms with Gasteiger partial charge in [-0.15, -0.1) is 0 Å². The van der Waals surface area contributed by atoms with Gasteiger partial charge in [-0.05, 0) is 41.8 Å². The molecule has 1 amide bonds. The minimum absolute atomic E-state index is 0.0462. The summed E-state index contributed by atoms with van der Waals surface area (Å²) >= 11 is 0. The predicted octanol–water partition coefficient (Wildman–Crippen LogP) is 3.08. The Bertz CT molecular complexity index is 596. The molecular weight excluding hydrogens is 269 g/mol. The van der Waals surface area contributed by atoms with Crippen molar-refractivity contribution in [1.82, 2.24) is 5.32 Å². The minimum Gasteiger partial charge on any atom is -0.497 e. The third-order valence-electron chi connectivity index (χ3n) is 3.18. The van der Waals surface area contributed by atoms with Crippen LogP contribution in [0.2, 0.25) is 0 Å². The monoisotopic (exact) mass is 287 g/mol. The van der Waals surface area contributed by atoms with Gasteiger partial charge in [0.05, 0.1) is 7.11 Å². The van der Waals surface area contributed by atoms with Gasteiger partial charge in [0.15, 0.2) is 0 Å². The molecule has 0 aliphatic carbocycles. The molecule has 0 bridgehead atoms. The number of nitrogens with one attached hydrogen (secondary N) is 1. The highest BCUT2D eigenvalue weighted by atomic mass is 19.1. The van der Waals surface area contributed by atoms with Gasteiger partial charge in [-0.2, -0.15) is 0 Å². The summed E-state index contributed by atoms with van der Waals surface area (Å²) in [5.74, 6) is 0.470. The first-order valence-electron chi connectivity index (χ1n) is 6.81. The molecular formula is C17H18FNO2. The maximum absolute atomic E-state index is 13.0. The van der Waals surface area contributed by atoms with Crippen molar-refractivity contribution in [3.8, 4) is 5.75 Å². The van der Waals surface area contributed by atoms with Gasteiger partial charge in [0, 0.05) is 13.0 Å². The average Bonchev–Trinajstić information content (AvgIpc) is 2.51. The van der Waals surface area contributed by atoms with Gasteiger partial charge in [0.1, 0.15) is 11.6 Å². The number of halogens is 1. The lowest BCUT2D eigenvalue weighted by atomic mass is 10.1. The number of hydrogen-bond acceptors (Lipinski definition) is 2. The quantitative estimate of drug-likeness (QED) is 0.886. The van der Waals surface area contributed by atoms with E-state index < -0.39 is 0 Å². The Morgan fingerprint density at radius 3 is 2.57 bits per heavy atom. The molecule has 2 aromatic carbocycles. The summed E-state index contributed by atoms with van der Waals surface area (Å²) in [5.41, 5.74) is 1.84. The molecule has 0 fully saturated rings. The molecule has 0 aliphatic heterocycles. The molecule has 0 atom stereocenters. The number of ether oxygens (including phenoxy) is 1. The summed E-state index contributed by atoms with van der Waals surface area (Å²) in [4.78, 5) is 11.8. The smallest absolute Gasteiger partial charge is 0.220 e. The molecule has 0 unspecified atom stereocenters. The van der Waals surface area contributed by atoms with E-state index in [0.29, 0.717) is 19.4 Å². The van der Waals surface area contributed by atoms with Crippen LogP contribution in [0.25, 0.3) is 0 Å². The number of carbonyl (C=O) groups is 1. The van der Waals surface area contributed by atoms with Crippen molar-refractivity contribution in [1.29, 1.82) is 0 Å². The standard InChI is InChI=1S/C17H18FNO2/c1-21-16-8-5-14(6-9-16)12-19-17(20)10-7-13-3-2-4-15(18)11-13/h2-6,8-9,11H,7,10,12H2,1H3,(H,19,20). The van der Waals surface area contributed by atoms with Crippen molar-refractivity contribution in [2.45, 2.75) is 19.4 Å². The number of aryl methyl sites for hydroxylation is 1. The maximum atomic E-state index is 13.0. The Hall–Kier alpha value is -2.36. The Labute approximate surface area is 123 Å². The lowest BCUT2D eigenvalue weighted by Crippen LogP contribution is -2.22. The lowest BCUT2D eigenvalue weighted by molar-refractivity contribution is -0.121. The van der Waals surface area contributed by atoms with Gasteiger partial charge < -0.3 is 10.1 Å². The van der Waals surface area contributed by atoms with Crippen molar-refractivity contribution in [2.75, 3.05) is 7.11 Å². The number of rotatable bonds is 6. The lowest BCUT2D eigenvalue weighted by Gasteiger charge is -2.06. The minimum atomic E-state index is -0.272. The summed E-state index contributed by atoms with van der Waals surface area (Å²) in [7, 11) is 1.61. The SMILES string of the molecule is COc1ccc(CNC(=O)CCc2cccc(F)c2)cc1. The van der Waals surface area contributed by atoms with Crippen molar-refractivity contribution in [3.63, 3.8) is 0 Å². The van der Waals surface area contributed by atoms with Crippen LogP contribution in [0, 0.1) is 5.82 Å². The predicted molar refractivity (Wildman–Crippen MR) is 79.6 cm³/mol. The molecule has 21 heavy (non-hydrogen) atoms. The van der Waals surface area contributed by atoms with Gasteiger partial charge in [-0.3, -0.25) is 4.79 Å². The second-order valence-electron chi connectivity index (χ2n) is 4.75. The molecule has 3 nitrogen and oxygen atoms in total. The third-order valence-corrected chi connectivity index (χ3v) is 3.18. The second-order valence-corrected chi connectivity index (χ2v) is 4.75. The molecule has 110 valence electrons. The van der Waals surface area contributed by atoms with E-state index in [1.54, 1.807) is 13.2 Å². The van der Waals surface area contributed by atoms with E-state index in [1.807, 2.05) is 30.3 Å². The van der Waals surface area contributed by atoms with Crippen LogP contribution in [0.4, 0.5) is 4.39 Å². The Morgan fingerprint density at radius 2 is 1.90 bits per heavy atom. The zero-order chi connectivity index (χ0) is 15.1. The topological polar surface area (TPSA) is 38.3 Å². The highest BCUT2D eigenvalue weighted by molar-refractivity contribution is 5.76. The fraction of sp³-hybridized carbons (Fsp3) is 0.235. The molecule has 0 aliphatic rings. The first-order valence-corrected chi connectivity index (χ1v) is 6.81. The van der Waals surface area contributed by atoms with E-state index in [0.717, 1.165) is 16.9 Å². The number of benzene rings is 2. The molecule has 4 heteroatoms. The van der Waals surface area contributed by atoms with Crippen LogP contribution in [0.5, 0.6) is 5.75 Å². The molecule has 0 saturated carbocycles. The molecule has 2 aromatic rings. The van der Waals surface area contributed by atoms with E-state index >= 15 is 0 Å². The van der Waals surface area contributed by atoms with Gasteiger partial charge in [-0.25, -0.2) is 4.39 Å². The van der Waals surface area contributed by atoms with Crippen LogP contribution in [0.3, 0.4) is 0 Å². The number of carbonyl (C=O) groups excluding carboxylic acids is 1. The summed E-state index contributed by atoms with van der Waals surface area (Å²) < 4.78 is 18.1. The zero-order valence-electron chi connectivity index (χ0n) is 11.9. The van der Waals surface area contributed by atoms with Crippen LogP contribution in [-0.2, 0) is 17.8 Å².